The summed E-state index contributed by atoms with van der Waals surface area (Å²) in [6.07, 6.45) is 2.66. The largest absolute Gasteiger partial charge is 0.465 e. The summed E-state index contributed by atoms with van der Waals surface area (Å²) in [4.78, 5) is 33.0. The topological polar surface area (TPSA) is 83.6 Å². The van der Waals surface area contributed by atoms with Gasteiger partial charge in [0.2, 0.25) is 11.8 Å². The number of para-hydroxylation sites is 1. The molecule has 1 saturated heterocycles. The Bertz CT molecular complexity index is 1160. The molecule has 1 aliphatic heterocycles. The molecule has 3 aromatic rings. The van der Waals surface area contributed by atoms with Gasteiger partial charge in [0.25, 0.3) is 5.19 Å². The molecule has 35 heavy (non-hydrogen) atoms. The molecule has 0 aliphatic carbocycles. The van der Waals surface area contributed by atoms with Crippen molar-refractivity contribution in [1.29, 1.82) is 0 Å². The standard InChI is InChI=1S/C27H34N4O3S.2H2/c1-4-6-14-28-25(32)23-16-20(34-27-30-22-13-12-18(3)15-24(22)35-27)17-31(23)26(33)21(5-2)29-19-10-8-7-9-11-19;;/h7-13,15,20-21,23,29H,4-6,14,16-17H2,1-3H3,(H,28,32);2*1H/t20-,21+,23+;;/m1../s1. The van der Waals surface area contributed by atoms with Crippen molar-refractivity contribution in [1.82, 2.24) is 15.2 Å². The number of nitrogens with one attached hydrogen (secondary N) is 2. The molecule has 8 heteroatoms. The van der Waals surface area contributed by atoms with Crippen LogP contribution in [0.2, 0.25) is 0 Å². The Labute approximate surface area is 213 Å². The van der Waals surface area contributed by atoms with E-state index in [0.29, 0.717) is 31.1 Å². The van der Waals surface area contributed by atoms with Gasteiger partial charge in [0.05, 0.1) is 16.8 Å². The van der Waals surface area contributed by atoms with Gasteiger partial charge in [0.15, 0.2) is 0 Å². The van der Waals surface area contributed by atoms with Crippen LogP contribution >= 0.6 is 11.3 Å². The van der Waals surface area contributed by atoms with Crippen molar-refractivity contribution in [2.45, 2.75) is 64.6 Å². The van der Waals surface area contributed by atoms with Crippen molar-refractivity contribution in [3.63, 3.8) is 0 Å². The molecule has 190 valence electrons. The predicted molar refractivity (Wildman–Crippen MR) is 145 cm³/mol. The van der Waals surface area contributed by atoms with Crippen molar-refractivity contribution >= 4 is 39.1 Å². The molecule has 0 spiro atoms. The SMILES string of the molecule is CCCCNC(=O)[C@@H]1C[C@@H](Oc2nc3ccc(C)cc3s2)CN1C(=O)[C@H](CC)Nc1ccccc1.[HH].[HH]. The number of hydrogen-bond acceptors (Lipinski definition) is 6. The molecule has 1 aromatic heterocycles. The molecular weight excluding hydrogens is 460 g/mol. The van der Waals surface area contributed by atoms with E-state index in [1.165, 1.54) is 16.9 Å². The number of unbranched alkanes of at least 4 members (excludes halogenated alkanes) is 1. The lowest BCUT2D eigenvalue weighted by Gasteiger charge is -2.28. The summed E-state index contributed by atoms with van der Waals surface area (Å²) in [6.45, 7) is 7.07. The number of carbonyl (C=O) groups is 2. The summed E-state index contributed by atoms with van der Waals surface area (Å²) < 4.78 is 7.30. The van der Waals surface area contributed by atoms with Gasteiger partial charge in [0.1, 0.15) is 18.2 Å². The van der Waals surface area contributed by atoms with Crippen molar-refractivity contribution in [2.24, 2.45) is 0 Å². The summed E-state index contributed by atoms with van der Waals surface area (Å²) in [5.74, 6) is -0.203. The van der Waals surface area contributed by atoms with Gasteiger partial charge in [-0.3, -0.25) is 9.59 Å². The van der Waals surface area contributed by atoms with E-state index >= 15 is 0 Å². The first-order valence-corrected chi connectivity index (χ1v) is 13.2. The molecule has 0 unspecified atom stereocenters. The fourth-order valence-corrected chi connectivity index (χ4v) is 5.34. The molecule has 4 rings (SSSR count). The molecule has 3 atom stereocenters. The number of aryl methyl sites for hydroxylation is 1. The number of carbonyl (C=O) groups excluding carboxylic acids is 2. The first kappa shape index (κ1) is 25.0. The van der Waals surface area contributed by atoms with Gasteiger partial charge in [-0.25, -0.2) is 4.98 Å². The molecule has 0 bridgehead atoms. The molecule has 1 fully saturated rings. The molecule has 2 N–H and O–H groups in total. The Hall–Kier alpha value is -3.13. The van der Waals surface area contributed by atoms with Crippen LogP contribution in [0, 0.1) is 6.92 Å². The predicted octanol–water partition coefficient (Wildman–Crippen LogP) is 5.25. The third-order valence-electron chi connectivity index (χ3n) is 6.29. The number of aromatic nitrogens is 1. The van der Waals surface area contributed by atoms with Crippen LogP contribution in [-0.2, 0) is 9.59 Å². The lowest BCUT2D eigenvalue weighted by atomic mass is 10.1. The molecule has 0 saturated carbocycles. The van der Waals surface area contributed by atoms with Crippen LogP contribution in [0.3, 0.4) is 0 Å². The van der Waals surface area contributed by atoms with E-state index in [9.17, 15) is 9.59 Å². The smallest absolute Gasteiger partial charge is 0.274 e. The highest BCUT2D eigenvalue weighted by Gasteiger charge is 2.42. The van der Waals surface area contributed by atoms with E-state index in [-0.39, 0.29) is 20.8 Å². The highest BCUT2D eigenvalue weighted by molar-refractivity contribution is 7.20. The van der Waals surface area contributed by atoms with Gasteiger partial charge >= 0.3 is 0 Å². The normalized spacial score (nSPS) is 18.4. The molecule has 2 heterocycles. The van der Waals surface area contributed by atoms with Gasteiger partial charge in [0, 0.05) is 21.5 Å². The number of ether oxygens (including phenoxy) is 1. The average molecular weight is 499 g/mol. The fourth-order valence-electron chi connectivity index (χ4n) is 4.36. The minimum Gasteiger partial charge on any atom is -0.465 e. The first-order chi connectivity index (χ1) is 17.0. The zero-order chi connectivity index (χ0) is 24.8. The van der Waals surface area contributed by atoms with E-state index in [2.05, 4.69) is 35.5 Å². The molecule has 2 amide bonds. The van der Waals surface area contributed by atoms with Gasteiger partial charge in [-0.1, -0.05) is 55.9 Å². The Balaban J connectivity index is 0.00000241. The second-order valence-corrected chi connectivity index (χ2v) is 10.0. The quantitative estimate of drug-likeness (QED) is 0.373. The number of amides is 2. The lowest BCUT2D eigenvalue weighted by molar-refractivity contribution is -0.139. The maximum Gasteiger partial charge on any atom is 0.274 e. The maximum atomic E-state index is 13.6. The van der Waals surface area contributed by atoms with E-state index in [4.69, 9.17) is 4.74 Å². The van der Waals surface area contributed by atoms with Crippen molar-refractivity contribution in [2.75, 3.05) is 18.4 Å². The Morgan fingerprint density at radius 1 is 1.23 bits per heavy atom. The maximum absolute atomic E-state index is 13.6. The van der Waals surface area contributed by atoms with Crippen LogP contribution in [-0.4, -0.2) is 53.0 Å². The summed E-state index contributed by atoms with van der Waals surface area (Å²) in [6, 6.07) is 14.8. The van der Waals surface area contributed by atoms with Crippen molar-refractivity contribution < 1.29 is 17.2 Å². The van der Waals surface area contributed by atoms with E-state index in [1.807, 2.05) is 49.4 Å². The zero-order valence-corrected chi connectivity index (χ0v) is 21.4. The number of benzene rings is 2. The number of hydrogen-bond donors (Lipinski definition) is 2. The monoisotopic (exact) mass is 498 g/mol. The highest BCUT2D eigenvalue weighted by Crippen LogP contribution is 2.32. The molecular formula is C27H38N4O3S. The van der Waals surface area contributed by atoms with Gasteiger partial charge in [-0.05, 0) is 49.6 Å². The van der Waals surface area contributed by atoms with Crippen LogP contribution in [0.15, 0.2) is 48.5 Å². The van der Waals surface area contributed by atoms with Crippen LogP contribution in [0.5, 0.6) is 5.19 Å². The first-order valence-electron chi connectivity index (χ1n) is 12.4. The molecule has 0 radical (unpaired) electrons. The Kier molecular flexibility index (Phi) is 8.23. The average Bonchev–Trinajstić information content (AvgIpc) is 3.46. The van der Waals surface area contributed by atoms with Gasteiger partial charge in [-0.2, -0.15) is 0 Å². The number of thiazole rings is 1. The number of fused-ring (bicyclic) bond motifs is 1. The van der Waals surface area contributed by atoms with E-state index in [1.54, 1.807) is 4.90 Å². The summed E-state index contributed by atoms with van der Waals surface area (Å²) in [5.41, 5.74) is 2.95. The second-order valence-electron chi connectivity index (χ2n) is 9.05. The summed E-state index contributed by atoms with van der Waals surface area (Å²) in [5, 5.41) is 6.91. The minimum absolute atomic E-state index is 0. The Morgan fingerprint density at radius 3 is 2.77 bits per heavy atom. The van der Waals surface area contributed by atoms with E-state index in [0.717, 1.165) is 28.7 Å². The summed E-state index contributed by atoms with van der Waals surface area (Å²) in [7, 11) is 0. The van der Waals surface area contributed by atoms with Gasteiger partial charge < -0.3 is 20.3 Å². The fraction of sp³-hybridized carbons (Fsp3) is 0.444. The Morgan fingerprint density at radius 2 is 2.03 bits per heavy atom. The number of anilines is 1. The molecule has 2 aromatic carbocycles. The van der Waals surface area contributed by atoms with Crippen LogP contribution in [0.25, 0.3) is 10.2 Å². The number of likely N-dealkylation sites (tertiary alicyclic amines) is 1. The van der Waals surface area contributed by atoms with Crippen LogP contribution in [0.1, 0.15) is 47.9 Å². The van der Waals surface area contributed by atoms with E-state index < -0.39 is 12.1 Å². The lowest BCUT2D eigenvalue weighted by Crippen LogP contribution is -2.50. The zero-order valence-electron chi connectivity index (χ0n) is 20.6. The molecule has 1 aliphatic rings. The van der Waals surface area contributed by atoms with Crippen molar-refractivity contribution in [3.8, 4) is 5.19 Å². The second kappa shape index (κ2) is 11.5. The third kappa shape index (κ3) is 6.11. The van der Waals surface area contributed by atoms with Crippen LogP contribution < -0.4 is 15.4 Å². The van der Waals surface area contributed by atoms with Gasteiger partial charge in [-0.15, -0.1) is 0 Å². The highest BCUT2D eigenvalue weighted by atomic mass is 32.1. The number of nitrogens with zero attached hydrogens (tertiary/aromatic N) is 2. The van der Waals surface area contributed by atoms with Crippen LogP contribution in [0.4, 0.5) is 5.69 Å². The minimum atomic E-state index is -0.562. The van der Waals surface area contributed by atoms with Crippen molar-refractivity contribution in [3.05, 3.63) is 54.1 Å². The summed E-state index contributed by atoms with van der Waals surface area (Å²) >= 11 is 1.50. The third-order valence-corrected chi connectivity index (χ3v) is 7.20. The number of rotatable bonds is 10. The molecule has 7 nitrogen and oxygen atoms in total.